The summed E-state index contributed by atoms with van der Waals surface area (Å²) in [5.74, 6) is 1.07. The van der Waals surface area contributed by atoms with E-state index >= 15 is 0 Å². The standard InChI is InChI=1S/C21H32N2O2/c1-22(2)21(15-18-8-4-5-9-19(18)16-21)20(24)23-12-10-17(11-13-23)7-6-14-25-3/h4-5,8-9,17H,6-7,10-16H2,1-3H3. The van der Waals surface area contributed by atoms with Gasteiger partial charge in [0.25, 0.3) is 0 Å². The molecule has 1 aromatic carbocycles. The number of likely N-dealkylation sites (tertiary alicyclic amines) is 1. The number of likely N-dealkylation sites (N-methyl/N-ethyl adjacent to an activating group) is 1. The molecule has 1 aromatic rings. The maximum atomic E-state index is 13.5. The molecule has 2 aliphatic rings. The van der Waals surface area contributed by atoms with E-state index in [1.165, 1.54) is 17.5 Å². The van der Waals surface area contributed by atoms with Crippen LogP contribution in [-0.4, -0.2) is 62.1 Å². The number of piperidine rings is 1. The van der Waals surface area contributed by atoms with E-state index in [-0.39, 0.29) is 0 Å². The molecule has 0 unspecified atom stereocenters. The number of nitrogens with zero attached hydrogens (tertiary/aromatic N) is 2. The maximum Gasteiger partial charge on any atom is 0.243 e. The second-order valence-corrected chi connectivity index (χ2v) is 7.92. The molecule has 1 aliphatic heterocycles. The molecule has 138 valence electrons. The second kappa shape index (κ2) is 7.88. The lowest BCUT2D eigenvalue weighted by Crippen LogP contribution is -2.59. The molecule has 0 N–H and O–H groups in total. The number of carbonyl (C=O) groups excluding carboxylic acids is 1. The third kappa shape index (κ3) is 3.75. The Labute approximate surface area is 152 Å². The number of fused-ring (bicyclic) bond motifs is 1. The molecular formula is C21H32N2O2. The van der Waals surface area contributed by atoms with Gasteiger partial charge in [0.2, 0.25) is 5.91 Å². The highest BCUT2D eigenvalue weighted by atomic mass is 16.5. The van der Waals surface area contributed by atoms with Crippen molar-refractivity contribution >= 4 is 5.91 Å². The summed E-state index contributed by atoms with van der Waals surface area (Å²) in [6, 6.07) is 8.52. The molecule has 4 nitrogen and oxygen atoms in total. The van der Waals surface area contributed by atoms with Gasteiger partial charge in [0, 0.05) is 39.6 Å². The summed E-state index contributed by atoms with van der Waals surface area (Å²) >= 11 is 0. The summed E-state index contributed by atoms with van der Waals surface area (Å²) < 4.78 is 5.16. The van der Waals surface area contributed by atoms with Gasteiger partial charge in [-0.3, -0.25) is 9.69 Å². The molecule has 0 saturated carbocycles. The van der Waals surface area contributed by atoms with Gasteiger partial charge in [0.15, 0.2) is 0 Å². The number of hydrogen-bond donors (Lipinski definition) is 0. The lowest BCUT2D eigenvalue weighted by atomic mass is 9.88. The average Bonchev–Trinajstić information content (AvgIpc) is 3.03. The van der Waals surface area contributed by atoms with Crippen molar-refractivity contribution in [1.29, 1.82) is 0 Å². The lowest BCUT2D eigenvalue weighted by Gasteiger charge is -2.41. The van der Waals surface area contributed by atoms with Gasteiger partial charge >= 0.3 is 0 Å². The summed E-state index contributed by atoms with van der Waals surface area (Å²) in [6.07, 6.45) is 6.29. The molecule has 1 amide bonds. The van der Waals surface area contributed by atoms with Crippen molar-refractivity contribution in [2.24, 2.45) is 5.92 Å². The van der Waals surface area contributed by atoms with Crippen LogP contribution in [0.25, 0.3) is 0 Å². The largest absolute Gasteiger partial charge is 0.385 e. The zero-order chi connectivity index (χ0) is 17.9. The highest BCUT2D eigenvalue weighted by Gasteiger charge is 2.47. The lowest BCUT2D eigenvalue weighted by molar-refractivity contribution is -0.144. The van der Waals surface area contributed by atoms with E-state index in [4.69, 9.17) is 4.74 Å². The van der Waals surface area contributed by atoms with Crippen molar-refractivity contribution in [3.63, 3.8) is 0 Å². The molecule has 0 spiro atoms. The molecule has 4 heteroatoms. The number of benzene rings is 1. The number of methoxy groups -OCH3 is 1. The molecule has 0 bridgehead atoms. The first kappa shape index (κ1) is 18.4. The Hall–Kier alpha value is -1.39. The van der Waals surface area contributed by atoms with Crippen LogP contribution in [0.2, 0.25) is 0 Å². The molecule has 1 fully saturated rings. The van der Waals surface area contributed by atoms with Gasteiger partial charge in [-0.25, -0.2) is 0 Å². The molecule has 3 rings (SSSR count). The van der Waals surface area contributed by atoms with Gasteiger partial charge in [0.05, 0.1) is 0 Å². The van der Waals surface area contributed by atoms with E-state index in [2.05, 4.69) is 48.2 Å². The molecule has 0 aromatic heterocycles. The maximum absolute atomic E-state index is 13.5. The van der Waals surface area contributed by atoms with Crippen molar-refractivity contribution in [3.05, 3.63) is 35.4 Å². The smallest absolute Gasteiger partial charge is 0.243 e. The summed E-state index contributed by atoms with van der Waals surface area (Å²) in [5, 5.41) is 0. The Kier molecular flexibility index (Phi) is 5.80. The van der Waals surface area contributed by atoms with E-state index in [0.29, 0.717) is 5.91 Å². The first-order valence-corrected chi connectivity index (χ1v) is 9.59. The number of carbonyl (C=O) groups is 1. The van der Waals surface area contributed by atoms with E-state index in [9.17, 15) is 4.79 Å². The van der Waals surface area contributed by atoms with Crippen LogP contribution < -0.4 is 0 Å². The Morgan fingerprint density at radius 3 is 2.32 bits per heavy atom. The predicted molar refractivity (Wildman–Crippen MR) is 101 cm³/mol. The van der Waals surface area contributed by atoms with Crippen LogP contribution in [0, 0.1) is 5.92 Å². The van der Waals surface area contributed by atoms with Gasteiger partial charge < -0.3 is 9.64 Å². The SMILES string of the molecule is COCCCC1CCN(C(=O)C2(N(C)C)Cc3ccccc3C2)CC1. The molecule has 0 atom stereocenters. The van der Waals surface area contributed by atoms with Crippen LogP contribution in [0.4, 0.5) is 0 Å². The fourth-order valence-electron chi connectivity index (χ4n) is 4.49. The third-order valence-corrected chi connectivity index (χ3v) is 6.20. The van der Waals surface area contributed by atoms with E-state index in [0.717, 1.165) is 57.7 Å². The number of amides is 1. The van der Waals surface area contributed by atoms with Crippen molar-refractivity contribution in [2.75, 3.05) is 40.9 Å². The quantitative estimate of drug-likeness (QED) is 0.744. The average molecular weight is 344 g/mol. The number of hydrogen-bond acceptors (Lipinski definition) is 3. The van der Waals surface area contributed by atoms with Gasteiger partial charge in [-0.05, 0) is 56.8 Å². The Morgan fingerprint density at radius 1 is 1.20 bits per heavy atom. The zero-order valence-electron chi connectivity index (χ0n) is 16.0. The normalized spacial score (nSPS) is 20.1. The highest BCUT2D eigenvalue weighted by molar-refractivity contribution is 5.88. The zero-order valence-corrected chi connectivity index (χ0v) is 16.0. The van der Waals surface area contributed by atoms with Crippen LogP contribution >= 0.6 is 0 Å². The molecule has 25 heavy (non-hydrogen) atoms. The van der Waals surface area contributed by atoms with Crippen LogP contribution in [-0.2, 0) is 22.4 Å². The first-order valence-electron chi connectivity index (χ1n) is 9.59. The van der Waals surface area contributed by atoms with Crippen LogP contribution in [0.15, 0.2) is 24.3 Å². The predicted octanol–water partition coefficient (Wildman–Crippen LogP) is 2.75. The van der Waals surface area contributed by atoms with E-state index in [1.807, 2.05) is 0 Å². The summed E-state index contributed by atoms with van der Waals surface area (Å²) in [7, 11) is 5.88. The van der Waals surface area contributed by atoms with Crippen molar-refractivity contribution in [1.82, 2.24) is 9.80 Å². The van der Waals surface area contributed by atoms with E-state index in [1.54, 1.807) is 7.11 Å². The molecular weight excluding hydrogens is 312 g/mol. The summed E-state index contributed by atoms with van der Waals surface area (Å²) in [6.45, 7) is 2.66. The minimum atomic E-state index is -0.396. The van der Waals surface area contributed by atoms with Crippen molar-refractivity contribution in [2.45, 2.75) is 44.1 Å². The Bertz CT molecular complexity index is 566. The molecule has 1 aliphatic carbocycles. The molecule has 1 heterocycles. The topological polar surface area (TPSA) is 32.8 Å². The van der Waals surface area contributed by atoms with Gasteiger partial charge in [-0.15, -0.1) is 0 Å². The fraction of sp³-hybridized carbons (Fsp3) is 0.667. The second-order valence-electron chi connectivity index (χ2n) is 7.92. The van der Waals surface area contributed by atoms with Gasteiger partial charge in [0.1, 0.15) is 5.54 Å². The van der Waals surface area contributed by atoms with E-state index < -0.39 is 5.54 Å². The Morgan fingerprint density at radius 2 is 1.80 bits per heavy atom. The highest BCUT2D eigenvalue weighted by Crippen LogP contribution is 2.36. The first-order chi connectivity index (χ1) is 12.1. The number of ether oxygens (including phenoxy) is 1. The van der Waals surface area contributed by atoms with Crippen molar-refractivity contribution in [3.8, 4) is 0 Å². The summed E-state index contributed by atoms with van der Waals surface area (Å²) in [5.41, 5.74) is 2.27. The van der Waals surface area contributed by atoms with Crippen molar-refractivity contribution < 1.29 is 9.53 Å². The fourth-order valence-corrected chi connectivity index (χ4v) is 4.49. The van der Waals surface area contributed by atoms with Gasteiger partial charge in [-0.1, -0.05) is 24.3 Å². The third-order valence-electron chi connectivity index (χ3n) is 6.20. The molecule has 0 radical (unpaired) electrons. The number of rotatable bonds is 6. The van der Waals surface area contributed by atoms with Gasteiger partial charge in [-0.2, -0.15) is 0 Å². The van der Waals surface area contributed by atoms with Crippen LogP contribution in [0.1, 0.15) is 36.8 Å². The summed E-state index contributed by atoms with van der Waals surface area (Å²) in [4.78, 5) is 17.7. The van der Waals surface area contributed by atoms with Crippen LogP contribution in [0.3, 0.4) is 0 Å². The minimum absolute atomic E-state index is 0.323. The minimum Gasteiger partial charge on any atom is -0.385 e. The van der Waals surface area contributed by atoms with Crippen LogP contribution in [0.5, 0.6) is 0 Å². The Balaban J connectivity index is 1.64. The molecule has 1 saturated heterocycles. The monoisotopic (exact) mass is 344 g/mol.